The van der Waals surface area contributed by atoms with Crippen LogP contribution in [0, 0.1) is 0 Å². The van der Waals surface area contributed by atoms with Crippen LogP contribution in [0.1, 0.15) is 226 Å². The van der Waals surface area contributed by atoms with E-state index >= 15 is 0 Å². The van der Waals surface area contributed by atoms with E-state index in [0.717, 1.165) is 13.1 Å². The van der Waals surface area contributed by atoms with Gasteiger partial charge in [-0.25, -0.2) is 5.01 Å². The molecular formula is C39H82N2O. The smallest absolute Gasteiger partial charge is 0.0650 e. The normalized spacial score (nSPS) is 12.5. The van der Waals surface area contributed by atoms with Crippen LogP contribution >= 0.6 is 0 Å². The number of hydrogen-bond donors (Lipinski definition) is 2. The molecule has 0 radical (unpaired) electrons. The maximum absolute atomic E-state index is 9.74. The molecule has 1 unspecified atom stereocenters. The fourth-order valence-corrected chi connectivity index (χ4v) is 6.23. The van der Waals surface area contributed by atoms with E-state index in [9.17, 15) is 5.11 Å². The molecule has 0 bridgehead atoms. The molecule has 0 saturated heterocycles. The molecule has 1 atom stereocenters. The van der Waals surface area contributed by atoms with Gasteiger partial charge >= 0.3 is 0 Å². The first-order valence-corrected chi connectivity index (χ1v) is 19.9. The van der Waals surface area contributed by atoms with Gasteiger partial charge in [0.05, 0.1) is 6.10 Å². The first-order chi connectivity index (χ1) is 20.7. The van der Waals surface area contributed by atoms with Crippen molar-refractivity contribution in [2.45, 2.75) is 232 Å². The highest BCUT2D eigenvalue weighted by Gasteiger charge is 2.06. The van der Waals surface area contributed by atoms with Crippen molar-refractivity contribution in [1.82, 2.24) is 10.4 Å². The molecule has 0 saturated carbocycles. The Morgan fingerprint density at radius 3 is 0.810 bits per heavy atom. The zero-order valence-electron chi connectivity index (χ0n) is 29.7. The lowest BCUT2D eigenvalue weighted by Gasteiger charge is -2.24. The van der Waals surface area contributed by atoms with Crippen LogP contribution < -0.4 is 5.43 Å². The maximum atomic E-state index is 9.74. The zero-order chi connectivity index (χ0) is 30.6. The lowest BCUT2D eigenvalue weighted by molar-refractivity contribution is 0.120. The number of aliphatic hydroxyl groups excluding tert-OH is 1. The van der Waals surface area contributed by atoms with Gasteiger partial charge in [0.1, 0.15) is 0 Å². The van der Waals surface area contributed by atoms with E-state index in [1.54, 1.807) is 0 Å². The van der Waals surface area contributed by atoms with Crippen molar-refractivity contribution >= 4 is 0 Å². The van der Waals surface area contributed by atoms with Crippen LogP contribution in [0.2, 0.25) is 0 Å². The number of unbranched alkanes of at least 4 members (excludes halogenated alkanes) is 30. The third-order valence-corrected chi connectivity index (χ3v) is 9.17. The summed E-state index contributed by atoms with van der Waals surface area (Å²) in [4.78, 5) is 0. The van der Waals surface area contributed by atoms with Crippen molar-refractivity contribution in [2.75, 3.05) is 19.6 Å². The summed E-state index contributed by atoms with van der Waals surface area (Å²) < 4.78 is 0. The second-order valence-electron chi connectivity index (χ2n) is 13.8. The summed E-state index contributed by atoms with van der Waals surface area (Å²) in [5.41, 5.74) is 3.51. The topological polar surface area (TPSA) is 35.5 Å². The molecular weight excluding hydrogens is 512 g/mol. The van der Waals surface area contributed by atoms with E-state index in [1.807, 2.05) is 6.92 Å². The van der Waals surface area contributed by atoms with Crippen LogP contribution in [0.4, 0.5) is 0 Å². The molecule has 0 heterocycles. The molecule has 0 aliphatic rings. The Hall–Kier alpha value is -0.120. The minimum atomic E-state index is -0.274. The standard InChI is InChI=1S/C39H82N2O/c1-4-6-8-10-12-14-16-18-20-22-24-26-28-30-32-34-36-41(40-38-39(3)42)37-35-33-31-29-27-25-23-21-19-17-15-13-11-9-7-5-2/h39-40,42H,4-38H2,1-3H3. The highest BCUT2D eigenvalue weighted by Crippen LogP contribution is 2.15. The van der Waals surface area contributed by atoms with Crippen LogP contribution in [-0.2, 0) is 0 Å². The molecule has 254 valence electrons. The first-order valence-electron chi connectivity index (χ1n) is 19.9. The van der Waals surface area contributed by atoms with Crippen LogP contribution in [0.25, 0.3) is 0 Å². The number of nitrogens with one attached hydrogen (secondary N) is 1. The highest BCUT2D eigenvalue weighted by molar-refractivity contribution is 4.59. The molecule has 0 rings (SSSR count). The van der Waals surface area contributed by atoms with Crippen molar-refractivity contribution in [2.24, 2.45) is 0 Å². The Kier molecular flexibility index (Phi) is 37.0. The van der Waals surface area contributed by atoms with E-state index in [0.29, 0.717) is 6.54 Å². The molecule has 3 nitrogen and oxygen atoms in total. The van der Waals surface area contributed by atoms with Crippen LogP contribution in [0.3, 0.4) is 0 Å². The van der Waals surface area contributed by atoms with Gasteiger partial charge in [0.25, 0.3) is 0 Å². The van der Waals surface area contributed by atoms with Gasteiger partial charge < -0.3 is 5.11 Å². The average molecular weight is 595 g/mol. The Balaban J connectivity index is 3.54. The monoisotopic (exact) mass is 595 g/mol. The number of nitrogens with zero attached hydrogens (tertiary/aromatic N) is 1. The predicted octanol–water partition coefficient (Wildman–Crippen LogP) is 12.7. The molecule has 0 fully saturated rings. The van der Waals surface area contributed by atoms with Gasteiger partial charge in [0.2, 0.25) is 0 Å². The van der Waals surface area contributed by atoms with Gasteiger partial charge in [-0.15, -0.1) is 0 Å². The summed E-state index contributed by atoms with van der Waals surface area (Å²) in [5.74, 6) is 0. The molecule has 0 aliphatic heterocycles. The Bertz CT molecular complexity index is 433. The molecule has 0 aromatic carbocycles. The van der Waals surface area contributed by atoms with Gasteiger partial charge in [-0.2, -0.15) is 0 Å². The molecule has 0 aliphatic carbocycles. The summed E-state index contributed by atoms with van der Waals surface area (Å²) in [7, 11) is 0. The Morgan fingerprint density at radius 1 is 0.381 bits per heavy atom. The van der Waals surface area contributed by atoms with Crippen molar-refractivity contribution in [3.8, 4) is 0 Å². The van der Waals surface area contributed by atoms with E-state index in [4.69, 9.17) is 0 Å². The fourth-order valence-electron chi connectivity index (χ4n) is 6.23. The minimum absolute atomic E-state index is 0.274. The summed E-state index contributed by atoms with van der Waals surface area (Å²) in [6.07, 6.45) is 45.3. The summed E-state index contributed by atoms with van der Waals surface area (Å²) in [6.45, 7) is 9.42. The molecule has 42 heavy (non-hydrogen) atoms. The number of aliphatic hydroxyl groups is 1. The molecule has 2 N–H and O–H groups in total. The van der Waals surface area contributed by atoms with Crippen molar-refractivity contribution in [3.05, 3.63) is 0 Å². The Morgan fingerprint density at radius 2 is 0.595 bits per heavy atom. The van der Waals surface area contributed by atoms with E-state index in [-0.39, 0.29) is 6.10 Å². The predicted molar refractivity (Wildman–Crippen MR) is 190 cm³/mol. The van der Waals surface area contributed by atoms with Crippen LogP contribution in [-0.4, -0.2) is 35.9 Å². The summed E-state index contributed by atoms with van der Waals surface area (Å²) in [5, 5.41) is 12.1. The van der Waals surface area contributed by atoms with Crippen LogP contribution in [0.15, 0.2) is 0 Å². The second-order valence-corrected chi connectivity index (χ2v) is 13.8. The van der Waals surface area contributed by atoms with Gasteiger partial charge in [-0.05, 0) is 19.8 Å². The fraction of sp³-hybridized carbons (Fsp3) is 1.00. The molecule has 0 aromatic rings. The summed E-state index contributed by atoms with van der Waals surface area (Å²) >= 11 is 0. The number of hydrogen-bond acceptors (Lipinski definition) is 3. The number of rotatable bonds is 37. The number of hydrazine groups is 1. The van der Waals surface area contributed by atoms with Crippen LogP contribution in [0.5, 0.6) is 0 Å². The van der Waals surface area contributed by atoms with Crippen molar-refractivity contribution in [1.29, 1.82) is 0 Å². The largest absolute Gasteiger partial charge is 0.392 e. The quantitative estimate of drug-likeness (QED) is 0.0554. The SMILES string of the molecule is CCCCCCCCCCCCCCCCCCN(CCCCCCCCCCCCCCCCCC)NCC(C)O. The van der Waals surface area contributed by atoms with Gasteiger partial charge in [0, 0.05) is 19.6 Å². The molecule has 0 aromatic heterocycles. The van der Waals surface area contributed by atoms with E-state index < -0.39 is 0 Å². The maximum Gasteiger partial charge on any atom is 0.0650 e. The summed E-state index contributed by atoms with van der Waals surface area (Å²) in [6, 6.07) is 0. The van der Waals surface area contributed by atoms with Gasteiger partial charge in [-0.1, -0.05) is 206 Å². The molecule has 0 amide bonds. The average Bonchev–Trinajstić information content (AvgIpc) is 2.98. The van der Waals surface area contributed by atoms with Gasteiger partial charge in [0.15, 0.2) is 0 Å². The second kappa shape index (κ2) is 37.1. The minimum Gasteiger partial charge on any atom is -0.392 e. The Labute approximate surface area is 267 Å². The van der Waals surface area contributed by atoms with Crippen molar-refractivity contribution in [3.63, 3.8) is 0 Å². The van der Waals surface area contributed by atoms with Crippen molar-refractivity contribution < 1.29 is 5.11 Å². The third kappa shape index (κ3) is 36.1. The molecule has 0 spiro atoms. The lowest BCUT2D eigenvalue weighted by atomic mass is 10.0. The molecule has 3 heteroatoms. The van der Waals surface area contributed by atoms with E-state index in [2.05, 4.69) is 24.3 Å². The first kappa shape index (κ1) is 41.9. The van der Waals surface area contributed by atoms with Gasteiger partial charge in [-0.3, -0.25) is 5.43 Å². The highest BCUT2D eigenvalue weighted by atomic mass is 16.3. The lowest BCUT2D eigenvalue weighted by Crippen LogP contribution is -2.42. The van der Waals surface area contributed by atoms with E-state index in [1.165, 1.54) is 205 Å². The third-order valence-electron chi connectivity index (χ3n) is 9.17. The zero-order valence-corrected chi connectivity index (χ0v) is 29.7.